The van der Waals surface area contributed by atoms with E-state index in [0.717, 1.165) is 43.8 Å². The van der Waals surface area contributed by atoms with Gasteiger partial charge < -0.3 is 10.3 Å². The van der Waals surface area contributed by atoms with E-state index >= 15 is 0 Å². The summed E-state index contributed by atoms with van der Waals surface area (Å²) in [5.41, 5.74) is 8.45. The summed E-state index contributed by atoms with van der Waals surface area (Å²) in [6, 6.07) is 8.66. The number of rotatable bonds is 5. The van der Waals surface area contributed by atoms with Crippen LogP contribution in [-0.2, 0) is 12.8 Å². The van der Waals surface area contributed by atoms with E-state index in [9.17, 15) is 0 Å². The van der Waals surface area contributed by atoms with Crippen LogP contribution in [-0.4, -0.2) is 16.7 Å². The minimum Gasteiger partial charge on any atom is -0.339 e. The number of nitrogens with zero attached hydrogens (tertiary/aromatic N) is 2. The first-order valence-electron chi connectivity index (χ1n) is 7.88. The molecule has 2 atom stereocenters. The van der Waals surface area contributed by atoms with E-state index in [2.05, 4.69) is 41.3 Å². The Morgan fingerprint density at radius 2 is 2.14 bits per heavy atom. The van der Waals surface area contributed by atoms with Crippen molar-refractivity contribution in [3.8, 4) is 0 Å². The molecule has 2 aromatic rings. The van der Waals surface area contributed by atoms with Crippen molar-refractivity contribution in [1.82, 2.24) is 10.1 Å². The molecule has 1 aromatic heterocycles. The summed E-state index contributed by atoms with van der Waals surface area (Å²) >= 11 is 0. The van der Waals surface area contributed by atoms with Crippen molar-refractivity contribution >= 4 is 0 Å². The van der Waals surface area contributed by atoms with Crippen LogP contribution in [0.5, 0.6) is 0 Å². The van der Waals surface area contributed by atoms with E-state index in [-0.39, 0.29) is 0 Å². The van der Waals surface area contributed by atoms with Gasteiger partial charge in [-0.25, -0.2) is 0 Å². The van der Waals surface area contributed by atoms with Crippen molar-refractivity contribution in [2.24, 2.45) is 5.73 Å². The molecular formula is C17H23N3O. The lowest BCUT2D eigenvalue weighted by atomic mass is 9.83. The zero-order valence-electron chi connectivity index (χ0n) is 12.6. The molecule has 0 bridgehead atoms. The number of aryl methyl sites for hydroxylation is 1. The Morgan fingerprint density at radius 3 is 2.95 bits per heavy atom. The molecule has 3 rings (SSSR count). The van der Waals surface area contributed by atoms with Crippen LogP contribution in [0.15, 0.2) is 28.8 Å². The van der Waals surface area contributed by atoms with Crippen LogP contribution in [0.2, 0.25) is 0 Å². The molecule has 0 aliphatic heterocycles. The van der Waals surface area contributed by atoms with E-state index in [1.54, 1.807) is 0 Å². The lowest BCUT2D eigenvalue weighted by Gasteiger charge is -2.21. The van der Waals surface area contributed by atoms with Gasteiger partial charge in [0.25, 0.3) is 0 Å². The third kappa shape index (κ3) is 3.16. The number of aromatic nitrogens is 2. The minimum atomic E-state index is 0.297. The summed E-state index contributed by atoms with van der Waals surface area (Å²) in [7, 11) is 0. The average Bonchev–Trinajstić information content (AvgIpc) is 3.02. The van der Waals surface area contributed by atoms with Crippen LogP contribution in [0.1, 0.15) is 60.9 Å². The maximum atomic E-state index is 5.56. The third-order valence-corrected chi connectivity index (χ3v) is 4.43. The molecule has 1 aliphatic carbocycles. The summed E-state index contributed by atoms with van der Waals surface area (Å²) in [6.07, 6.45) is 5.23. The van der Waals surface area contributed by atoms with Gasteiger partial charge in [-0.05, 0) is 49.8 Å². The quantitative estimate of drug-likeness (QED) is 0.916. The molecule has 0 saturated carbocycles. The number of benzene rings is 1. The molecular weight excluding hydrogens is 262 g/mol. The molecule has 0 radical (unpaired) electrons. The van der Waals surface area contributed by atoms with E-state index in [0.29, 0.717) is 18.4 Å². The lowest BCUT2D eigenvalue weighted by molar-refractivity contribution is 0.344. The minimum absolute atomic E-state index is 0.297. The first-order chi connectivity index (χ1) is 10.3. The first-order valence-corrected chi connectivity index (χ1v) is 7.88. The molecule has 2 unspecified atom stereocenters. The summed E-state index contributed by atoms with van der Waals surface area (Å²) in [4.78, 5) is 4.64. The highest BCUT2D eigenvalue weighted by Crippen LogP contribution is 2.32. The van der Waals surface area contributed by atoms with Crippen molar-refractivity contribution in [3.05, 3.63) is 47.1 Å². The Hall–Kier alpha value is -1.68. The van der Waals surface area contributed by atoms with Crippen LogP contribution in [0.3, 0.4) is 0 Å². The van der Waals surface area contributed by atoms with Gasteiger partial charge in [0.15, 0.2) is 5.82 Å². The topological polar surface area (TPSA) is 64.9 Å². The average molecular weight is 285 g/mol. The van der Waals surface area contributed by atoms with Gasteiger partial charge in [-0.1, -0.05) is 36.3 Å². The highest BCUT2D eigenvalue weighted by atomic mass is 16.5. The molecule has 1 aliphatic rings. The smallest absolute Gasteiger partial charge is 0.229 e. The zero-order valence-corrected chi connectivity index (χ0v) is 12.6. The standard InChI is InChI=1S/C17H23N3O/c1-12(5-4-10-18)17-19-16(20-21-17)15-9-8-13-6-2-3-7-14(13)11-15/h2-3,6-7,12,15H,4-5,8-11,18H2,1H3. The summed E-state index contributed by atoms with van der Waals surface area (Å²) in [6.45, 7) is 2.84. The first kappa shape index (κ1) is 14.3. The summed E-state index contributed by atoms with van der Waals surface area (Å²) in [5.74, 6) is 2.32. The molecule has 4 heteroatoms. The molecule has 21 heavy (non-hydrogen) atoms. The Kier molecular flexibility index (Phi) is 4.34. The summed E-state index contributed by atoms with van der Waals surface area (Å²) in [5, 5.41) is 4.22. The maximum Gasteiger partial charge on any atom is 0.229 e. The van der Waals surface area contributed by atoms with Crippen LogP contribution in [0.4, 0.5) is 0 Å². The zero-order chi connectivity index (χ0) is 14.7. The van der Waals surface area contributed by atoms with Crippen molar-refractivity contribution in [3.63, 3.8) is 0 Å². The van der Waals surface area contributed by atoms with Gasteiger partial charge in [-0.2, -0.15) is 4.98 Å². The highest BCUT2D eigenvalue weighted by Gasteiger charge is 2.25. The van der Waals surface area contributed by atoms with E-state index in [1.165, 1.54) is 11.1 Å². The molecule has 0 fully saturated rings. The summed E-state index contributed by atoms with van der Waals surface area (Å²) < 4.78 is 5.46. The van der Waals surface area contributed by atoms with Crippen LogP contribution in [0, 0.1) is 0 Å². The monoisotopic (exact) mass is 285 g/mol. The second kappa shape index (κ2) is 6.39. The molecule has 0 saturated heterocycles. The predicted octanol–water partition coefficient (Wildman–Crippen LogP) is 3.18. The second-order valence-electron chi connectivity index (χ2n) is 6.03. The number of hydrogen-bond donors (Lipinski definition) is 1. The highest BCUT2D eigenvalue weighted by molar-refractivity contribution is 5.31. The van der Waals surface area contributed by atoms with Gasteiger partial charge in [0.05, 0.1) is 0 Å². The van der Waals surface area contributed by atoms with Crippen molar-refractivity contribution in [1.29, 1.82) is 0 Å². The number of nitrogens with two attached hydrogens (primary N) is 1. The fourth-order valence-electron chi connectivity index (χ4n) is 3.08. The van der Waals surface area contributed by atoms with Gasteiger partial charge in [0, 0.05) is 11.8 Å². The molecule has 4 nitrogen and oxygen atoms in total. The molecule has 2 N–H and O–H groups in total. The largest absolute Gasteiger partial charge is 0.339 e. The van der Waals surface area contributed by atoms with Gasteiger partial charge in [0.1, 0.15) is 0 Å². The Balaban J connectivity index is 1.70. The van der Waals surface area contributed by atoms with Crippen LogP contribution >= 0.6 is 0 Å². The van der Waals surface area contributed by atoms with Crippen LogP contribution < -0.4 is 5.73 Å². The van der Waals surface area contributed by atoms with Crippen molar-refractivity contribution < 1.29 is 4.52 Å². The van der Waals surface area contributed by atoms with Gasteiger partial charge >= 0.3 is 0 Å². The maximum absolute atomic E-state index is 5.56. The molecule has 0 spiro atoms. The van der Waals surface area contributed by atoms with Crippen molar-refractivity contribution in [2.45, 2.75) is 50.9 Å². The number of fused-ring (bicyclic) bond motifs is 1. The van der Waals surface area contributed by atoms with Crippen LogP contribution in [0.25, 0.3) is 0 Å². The second-order valence-corrected chi connectivity index (χ2v) is 6.03. The van der Waals surface area contributed by atoms with E-state index in [4.69, 9.17) is 10.3 Å². The molecule has 1 aromatic carbocycles. The predicted molar refractivity (Wildman–Crippen MR) is 82.2 cm³/mol. The Morgan fingerprint density at radius 1 is 1.33 bits per heavy atom. The molecule has 112 valence electrons. The van der Waals surface area contributed by atoms with E-state index in [1.807, 2.05) is 0 Å². The van der Waals surface area contributed by atoms with E-state index < -0.39 is 0 Å². The molecule has 0 amide bonds. The SMILES string of the molecule is CC(CCCN)c1nc(C2CCc3ccccc3C2)no1. The Labute approximate surface area is 125 Å². The fraction of sp³-hybridized carbons (Fsp3) is 0.529. The number of hydrogen-bond acceptors (Lipinski definition) is 4. The third-order valence-electron chi connectivity index (χ3n) is 4.43. The van der Waals surface area contributed by atoms with Crippen molar-refractivity contribution in [2.75, 3.05) is 6.54 Å². The van der Waals surface area contributed by atoms with Gasteiger partial charge in [-0.15, -0.1) is 0 Å². The Bertz CT molecular complexity index is 593. The normalized spacial score (nSPS) is 19.2. The lowest BCUT2D eigenvalue weighted by Crippen LogP contribution is -2.14. The fourth-order valence-corrected chi connectivity index (χ4v) is 3.08. The van der Waals surface area contributed by atoms with Gasteiger partial charge in [0.2, 0.25) is 5.89 Å². The van der Waals surface area contributed by atoms with Gasteiger partial charge in [-0.3, -0.25) is 0 Å². The molecule has 1 heterocycles.